The number of fused-ring (bicyclic) bond motifs is 1. The summed E-state index contributed by atoms with van der Waals surface area (Å²) in [7, 11) is 0. The van der Waals surface area contributed by atoms with Gasteiger partial charge in [0, 0.05) is 17.3 Å². The first kappa shape index (κ1) is 25.5. The van der Waals surface area contributed by atoms with Crippen LogP contribution in [0.5, 0.6) is 5.75 Å². The van der Waals surface area contributed by atoms with Crippen molar-refractivity contribution >= 4 is 17.6 Å². The molecular formula is C22H20F6N4O4. The second kappa shape index (κ2) is 9.15. The molecule has 2 aliphatic heterocycles. The maximum absolute atomic E-state index is 15.0. The zero-order chi connectivity index (χ0) is 26.3. The van der Waals surface area contributed by atoms with Crippen molar-refractivity contribution in [2.24, 2.45) is 16.1 Å². The Balaban J connectivity index is 1.55. The quantitative estimate of drug-likeness (QED) is 0.544. The van der Waals surface area contributed by atoms with Gasteiger partial charge in [0.15, 0.2) is 18.1 Å². The van der Waals surface area contributed by atoms with Gasteiger partial charge in [-0.1, -0.05) is 6.92 Å². The normalized spacial score (nSPS) is 23.6. The number of anilines is 1. The van der Waals surface area contributed by atoms with Crippen LogP contribution in [0.15, 0.2) is 35.5 Å². The zero-order valence-corrected chi connectivity index (χ0v) is 18.7. The van der Waals surface area contributed by atoms with Crippen LogP contribution in [0.25, 0.3) is 0 Å². The van der Waals surface area contributed by atoms with Crippen LogP contribution in [0.1, 0.15) is 23.0 Å². The van der Waals surface area contributed by atoms with Crippen molar-refractivity contribution in [3.05, 3.63) is 53.4 Å². The lowest BCUT2D eigenvalue weighted by molar-refractivity contribution is -0.148. The fraction of sp³-hybridized carbons (Fsp3) is 0.409. The van der Waals surface area contributed by atoms with Gasteiger partial charge in [-0.25, -0.2) is 27.5 Å². The number of nitrogens with zero attached hydrogens (tertiary/aromatic N) is 2. The Kier molecular flexibility index (Phi) is 6.49. The van der Waals surface area contributed by atoms with Gasteiger partial charge >= 0.3 is 12.3 Å². The average molecular weight is 518 g/mol. The molecule has 2 unspecified atom stereocenters. The molecule has 3 heterocycles. The van der Waals surface area contributed by atoms with Crippen molar-refractivity contribution in [1.82, 2.24) is 4.98 Å². The Hall–Kier alpha value is -3.55. The van der Waals surface area contributed by atoms with E-state index in [0.29, 0.717) is 6.07 Å². The van der Waals surface area contributed by atoms with Gasteiger partial charge in [0.2, 0.25) is 0 Å². The number of amides is 1. The van der Waals surface area contributed by atoms with Gasteiger partial charge in [-0.2, -0.15) is 8.78 Å². The second-order valence-corrected chi connectivity index (χ2v) is 8.65. The molecule has 36 heavy (non-hydrogen) atoms. The number of rotatable bonds is 7. The molecule has 0 saturated carbocycles. The average Bonchev–Trinajstić information content (AvgIpc) is 3.16. The van der Waals surface area contributed by atoms with Crippen LogP contribution in [0.2, 0.25) is 0 Å². The van der Waals surface area contributed by atoms with Crippen LogP contribution in [0, 0.1) is 17.0 Å². The second-order valence-electron chi connectivity index (χ2n) is 8.65. The zero-order valence-electron chi connectivity index (χ0n) is 18.7. The molecule has 14 heteroatoms. The Morgan fingerprint density at radius 3 is 2.67 bits per heavy atom. The van der Waals surface area contributed by atoms with E-state index in [1.807, 2.05) is 0 Å². The molecule has 0 aliphatic carbocycles. The fourth-order valence-corrected chi connectivity index (χ4v) is 3.98. The highest BCUT2D eigenvalue weighted by Gasteiger charge is 2.58. The van der Waals surface area contributed by atoms with Crippen LogP contribution in [-0.4, -0.2) is 55.7 Å². The minimum absolute atomic E-state index is 0.00410. The third-order valence-corrected chi connectivity index (χ3v) is 6.02. The van der Waals surface area contributed by atoms with E-state index in [0.717, 1.165) is 12.3 Å². The predicted octanol–water partition coefficient (Wildman–Crippen LogP) is 3.47. The molecule has 1 amide bonds. The number of nitrogens with one attached hydrogen (secondary N) is 1. The summed E-state index contributed by atoms with van der Waals surface area (Å²) >= 11 is 0. The Bertz CT molecular complexity index is 1210. The molecule has 0 spiro atoms. The topological polar surface area (TPSA) is 108 Å². The molecule has 8 nitrogen and oxygen atoms in total. The maximum atomic E-state index is 15.0. The first-order valence-corrected chi connectivity index (χ1v) is 10.5. The van der Waals surface area contributed by atoms with E-state index >= 15 is 0 Å². The minimum Gasteiger partial charge on any atom is -0.485 e. The molecule has 4 rings (SSSR count). The third-order valence-electron chi connectivity index (χ3n) is 6.02. The number of hydrogen-bond donors (Lipinski definition) is 2. The van der Waals surface area contributed by atoms with E-state index in [1.54, 1.807) is 6.92 Å². The van der Waals surface area contributed by atoms with Crippen LogP contribution in [0.4, 0.5) is 32.0 Å². The van der Waals surface area contributed by atoms with Crippen molar-refractivity contribution < 1.29 is 45.3 Å². The number of carbonyl (C=O) groups is 1. The highest BCUT2D eigenvalue weighted by atomic mass is 19.3. The van der Waals surface area contributed by atoms with E-state index in [9.17, 15) is 31.1 Å². The molecule has 1 aromatic carbocycles. The van der Waals surface area contributed by atoms with Crippen molar-refractivity contribution in [3.8, 4) is 5.75 Å². The molecule has 2 aromatic rings. The van der Waals surface area contributed by atoms with Crippen LogP contribution < -0.4 is 15.8 Å². The SMILES string of the molecule is CC12COCC1(c1cc(NC(=O)c3ncc(OCC(F)(F)C(F)F)cc3F)ccc1F)N=C(N)OC2. The van der Waals surface area contributed by atoms with Gasteiger partial charge in [-0.3, -0.25) is 4.79 Å². The van der Waals surface area contributed by atoms with E-state index < -0.39 is 58.9 Å². The van der Waals surface area contributed by atoms with Gasteiger partial charge in [-0.15, -0.1) is 0 Å². The predicted molar refractivity (Wildman–Crippen MR) is 113 cm³/mol. The first-order valence-electron chi connectivity index (χ1n) is 10.5. The van der Waals surface area contributed by atoms with E-state index in [1.165, 1.54) is 12.1 Å². The number of amidine groups is 1. The van der Waals surface area contributed by atoms with Crippen molar-refractivity contribution in [2.75, 3.05) is 31.7 Å². The molecule has 0 bridgehead atoms. The molecule has 194 valence electrons. The third kappa shape index (κ3) is 4.52. The molecule has 1 aromatic heterocycles. The summed E-state index contributed by atoms with van der Waals surface area (Å²) in [6, 6.07) is 4.04. The highest BCUT2D eigenvalue weighted by molar-refractivity contribution is 6.03. The molecule has 1 fully saturated rings. The number of aromatic nitrogens is 1. The molecule has 2 atom stereocenters. The lowest BCUT2D eigenvalue weighted by atomic mass is 9.69. The van der Waals surface area contributed by atoms with Gasteiger partial charge in [0.05, 0.1) is 24.8 Å². The number of benzene rings is 1. The monoisotopic (exact) mass is 518 g/mol. The lowest BCUT2D eigenvalue weighted by Crippen LogP contribution is -2.50. The Morgan fingerprint density at radius 1 is 1.22 bits per heavy atom. The van der Waals surface area contributed by atoms with Gasteiger partial charge in [-0.05, 0) is 18.2 Å². The summed E-state index contributed by atoms with van der Waals surface area (Å²) in [5.41, 5.74) is 3.15. The summed E-state index contributed by atoms with van der Waals surface area (Å²) in [5, 5.41) is 2.38. The van der Waals surface area contributed by atoms with E-state index in [-0.39, 0.29) is 37.1 Å². The summed E-state index contributed by atoms with van der Waals surface area (Å²) in [6.45, 7) is 0.417. The van der Waals surface area contributed by atoms with Crippen LogP contribution in [0.3, 0.4) is 0 Å². The summed E-state index contributed by atoms with van der Waals surface area (Å²) in [6.07, 6.45) is -3.24. The molecule has 2 aliphatic rings. The number of pyridine rings is 1. The minimum atomic E-state index is -4.45. The van der Waals surface area contributed by atoms with E-state index in [2.05, 4.69) is 20.0 Å². The molecular weight excluding hydrogens is 498 g/mol. The highest BCUT2D eigenvalue weighted by Crippen LogP contribution is 2.51. The van der Waals surface area contributed by atoms with Gasteiger partial charge in [0.1, 0.15) is 23.7 Å². The van der Waals surface area contributed by atoms with Crippen LogP contribution in [-0.2, 0) is 15.0 Å². The van der Waals surface area contributed by atoms with Crippen molar-refractivity contribution in [2.45, 2.75) is 24.8 Å². The number of halogens is 6. The van der Waals surface area contributed by atoms with Gasteiger partial charge < -0.3 is 25.3 Å². The number of ether oxygens (including phenoxy) is 3. The largest absolute Gasteiger partial charge is 0.485 e. The number of carbonyl (C=O) groups excluding carboxylic acids is 1. The molecule has 0 radical (unpaired) electrons. The Morgan fingerprint density at radius 2 is 1.97 bits per heavy atom. The first-order chi connectivity index (χ1) is 16.9. The van der Waals surface area contributed by atoms with Crippen molar-refractivity contribution in [3.63, 3.8) is 0 Å². The number of aliphatic imine (C=N–C) groups is 1. The summed E-state index contributed by atoms with van der Waals surface area (Å²) in [5.74, 6) is -7.98. The molecule has 1 saturated heterocycles. The smallest absolute Gasteiger partial charge is 0.340 e. The van der Waals surface area contributed by atoms with E-state index in [4.69, 9.17) is 15.2 Å². The fourth-order valence-electron chi connectivity index (χ4n) is 3.98. The van der Waals surface area contributed by atoms with Crippen LogP contribution >= 0.6 is 0 Å². The Labute approximate surface area is 200 Å². The van der Waals surface area contributed by atoms with Crippen molar-refractivity contribution in [1.29, 1.82) is 0 Å². The van der Waals surface area contributed by atoms with Gasteiger partial charge in [0.25, 0.3) is 11.9 Å². The molecule has 3 N–H and O–H groups in total. The summed E-state index contributed by atoms with van der Waals surface area (Å²) in [4.78, 5) is 20.5. The number of hydrogen-bond acceptors (Lipinski definition) is 7. The summed E-state index contributed by atoms with van der Waals surface area (Å²) < 4.78 is 95.2. The number of nitrogens with two attached hydrogens (primary N) is 1. The maximum Gasteiger partial charge on any atom is 0.340 e. The number of alkyl halides is 4. The standard InChI is InChI=1S/C22H20F6N4O4/c1-20-7-34-9-21(20,32-19(29)36-8-20)13-4-11(2-3-14(13)23)31-17(33)16-15(24)5-12(6-30-16)35-10-22(27,28)18(25)26/h2-6,18H,7-10H2,1H3,(H2,29,32)(H,31,33). The lowest BCUT2D eigenvalue weighted by Gasteiger charge is -2.42.